The topological polar surface area (TPSA) is 17.1 Å². The Morgan fingerprint density at radius 3 is 2.62 bits per heavy atom. The number of allylic oxidation sites excluding steroid dienone is 2. The molecule has 0 bridgehead atoms. The van der Waals surface area contributed by atoms with Gasteiger partial charge in [-0.1, -0.05) is 22.0 Å². The quantitative estimate of drug-likeness (QED) is 0.607. The van der Waals surface area contributed by atoms with Crippen molar-refractivity contribution in [1.29, 1.82) is 0 Å². The van der Waals surface area contributed by atoms with Crippen LogP contribution >= 0.6 is 15.9 Å². The van der Waals surface area contributed by atoms with Crippen LogP contribution in [0.15, 0.2) is 11.6 Å². The van der Waals surface area contributed by atoms with E-state index in [2.05, 4.69) is 15.9 Å². The number of hydrogen-bond donors (Lipinski definition) is 0. The van der Waals surface area contributed by atoms with E-state index in [0.29, 0.717) is 6.42 Å². The van der Waals surface area contributed by atoms with Crippen LogP contribution < -0.4 is 0 Å². The molecule has 1 nitrogen and oxygen atoms in total. The van der Waals surface area contributed by atoms with Crippen LogP contribution in [0.2, 0.25) is 0 Å². The molecule has 0 spiro atoms. The van der Waals surface area contributed by atoms with Crippen molar-refractivity contribution in [2.75, 3.05) is 0 Å². The SMILES string of the molecule is O=C1C(C(F)(F)F)=CC(Br)C2CC12. The second-order valence-corrected chi connectivity index (χ2v) is 4.45. The molecular formula is C8H6BrF3O. The molecule has 5 heteroatoms. The van der Waals surface area contributed by atoms with Gasteiger partial charge in [0.15, 0.2) is 5.78 Å². The third-order valence-corrected chi connectivity index (χ3v) is 3.43. The van der Waals surface area contributed by atoms with Crippen LogP contribution in [0.3, 0.4) is 0 Å². The maximum atomic E-state index is 12.2. The van der Waals surface area contributed by atoms with Crippen molar-refractivity contribution in [1.82, 2.24) is 0 Å². The summed E-state index contributed by atoms with van der Waals surface area (Å²) >= 11 is 3.13. The number of halogens is 4. The first kappa shape index (κ1) is 9.24. The fraction of sp³-hybridized carbons (Fsp3) is 0.625. The summed E-state index contributed by atoms with van der Waals surface area (Å²) in [5.74, 6) is -1.02. The first-order chi connectivity index (χ1) is 5.91. The van der Waals surface area contributed by atoms with Crippen LogP contribution in [0, 0.1) is 11.8 Å². The molecule has 0 saturated heterocycles. The molecule has 1 saturated carbocycles. The van der Waals surface area contributed by atoms with Gasteiger partial charge >= 0.3 is 6.18 Å². The molecule has 0 aromatic carbocycles. The maximum Gasteiger partial charge on any atom is 0.419 e. The van der Waals surface area contributed by atoms with Gasteiger partial charge in [0.05, 0.1) is 5.57 Å². The predicted molar refractivity (Wildman–Crippen MR) is 43.5 cm³/mol. The Labute approximate surface area is 81.1 Å². The van der Waals surface area contributed by atoms with Crippen LogP contribution in [0.25, 0.3) is 0 Å². The standard InChI is InChI=1S/C8H6BrF3O/c9-6-2-5(8(10,11)12)7(13)4-1-3(4)6/h2-4,6H,1H2. The molecule has 0 aromatic rings. The van der Waals surface area contributed by atoms with E-state index in [4.69, 9.17) is 0 Å². The fourth-order valence-corrected chi connectivity index (χ4v) is 2.52. The van der Waals surface area contributed by atoms with Crippen LogP contribution in [-0.4, -0.2) is 16.8 Å². The minimum absolute atomic E-state index is 0.0959. The highest BCUT2D eigenvalue weighted by Crippen LogP contribution is 2.51. The highest BCUT2D eigenvalue weighted by Gasteiger charge is 2.55. The predicted octanol–water partition coefficient (Wildman–Crippen LogP) is 2.46. The van der Waals surface area contributed by atoms with Crippen molar-refractivity contribution in [3.8, 4) is 0 Å². The number of carbonyl (C=O) groups excluding carboxylic acids is 1. The molecule has 0 aromatic heterocycles. The average molecular weight is 255 g/mol. The molecule has 3 atom stereocenters. The van der Waals surface area contributed by atoms with Gasteiger partial charge in [-0.05, 0) is 12.3 Å². The van der Waals surface area contributed by atoms with Gasteiger partial charge in [-0.25, -0.2) is 0 Å². The van der Waals surface area contributed by atoms with Crippen LogP contribution in [0.5, 0.6) is 0 Å². The third kappa shape index (κ3) is 1.43. The number of rotatable bonds is 0. The van der Waals surface area contributed by atoms with Crippen LogP contribution in [0.1, 0.15) is 6.42 Å². The van der Waals surface area contributed by atoms with E-state index in [9.17, 15) is 18.0 Å². The molecule has 2 aliphatic rings. The largest absolute Gasteiger partial charge is 0.419 e. The number of alkyl halides is 4. The zero-order valence-corrected chi connectivity index (χ0v) is 8.02. The Bertz CT molecular complexity index is 294. The number of fused-ring (bicyclic) bond motifs is 1. The monoisotopic (exact) mass is 254 g/mol. The lowest BCUT2D eigenvalue weighted by molar-refractivity contribution is -0.130. The molecule has 0 aliphatic heterocycles. The second-order valence-electron chi connectivity index (χ2n) is 3.39. The molecule has 72 valence electrons. The summed E-state index contributed by atoms with van der Waals surface area (Å²) in [6, 6.07) is 0. The summed E-state index contributed by atoms with van der Waals surface area (Å²) in [5.41, 5.74) is -0.979. The number of Topliss-reactive ketones (excluding diaryl/α,β-unsaturated/α-hetero) is 1. The summed E-state index contributed by atoms with van der Waals surface area (Å²) in [6.07, 6.45) is -2.90. The van der Waals surface area contributed by atoms with Gasteiger partial charge in [0.2, 0.25) is 0 Å². The van der Waals surface area contributed by atoms with Gasteiger partial charge < -0.3 is 0 Å². The van der Waals surface area contributed by atoms with Crippen LogP contribution in [0.4, 0.5) is 13.2 Å². The smallest absolute Gasteiger partial charge is 0.294 e. The molecule has 2 aliphatic carbocycles. The van der Waals surface area contributed by atoms with Crippen molar-refractivity contribution in [2.24, 2.45) is 11.8 Å². The Kier molecular flexibility index (Phi) is 1.84. The Morgan fingerprint density at radius 1 is 1.46 bits per heavy atom. The van der Waals surface area contributed by atoms with Crippen molar-refractivity contribution in [3.05, 3.63) is 11.6 Å². The maximum absolute atomic E-state index is 12.2. The minimum Gasteiger partial charge on any atom is -0.294 e. The molecule has 0 amide bonds. The number of hydrogen-bond acceptors (Lipinski definition) is 1. The first-order valence-electron chi connectivity index (χ1n) is 3.88. The number of carbonyl (C=O) groups is 1. The summed E-state index contributed by atoms with van der Waals surface area (Å²) in [5, 5.41) is 0. The van der Waals surface area contributed by atoms with Gasteiger partial charge in [-0.3, -0.25) is 4.79 Å². The highest BCUT2D eigenvalue weighted by molar-refractivity contribution is 9.09. The molecule has 0 N–H and O–H groups in total. The summed E-state index contributed by atoms with van der Waals surface area (Å²) < 4.78 is 36.7. The molecule has 0 radical (unpaired) electrons. The van der Waals surface area contributed by atoms with Gasteiger partial charge in [-0.2, -0.15) is 13.2 Å². The third-order valence-electron chi connectivity index (χ3n) is 2.48. The highest BCUT2D eigenvalue weighted by atomic mass is 79.9. The normalized spacial score (nSPS) is 38.3. The molecule has 0 heterocycles. The molecule has 13 heavy (non-hydrogen) atoms. The Morgan fingerprint density at radius 2 is 2.08 bits per heavy atom. The average Bonchev–Trinajstić information content (AvgIpc) is 2.73. The van der Waals surface area contributed by atoms with Gasteiger partial charge in [0.25, 0.3) is 0 Å². The molecule has 2 rings (SSSR count). The van der Waals surface area contributed by atoms with E-state index in [1.807, 2.05) is 0 Å². The van der Waals surface area contributed by atoms with E-state index in [0.717, 1.165) is 6.08 Å². The lowest BCUT2D eigenvalue weighted by atomic mass is 9.98. The minimum atomic E-state index is -4.49. The molecule has 1 fully saturated rings. The molecular weight excluding hydrogens is 249 g/mol. The number of ketones is 1. The van der Waals surface area contributed by atoms with E-state index < -0.39 is 17.5 Å². The summed E-state index contributed by atoms with van der Waals surface area (Å²) in [6.45, 7) is 0. The van der Waals surface area contributed by atoms with Gasteiger partial charge in [0, 0.05) is 10.7 Å². The van der Waals surface area contributed by atoms with Crippen molar-refractivity contribution in [2.45, 2.75) is 17.4 Å². The molecule has 3 unspecified atom stereocenters. The van der Waals surface area contributed by atoms with E-state index >= 15 is 0 Å². The summed E-state index contributed by atoms with van der Waals surface area (Å²) in [7, 11) is 0. The van der Waals surface area contributed by atoms with Crippen molar-refractivity contribution >= 4 is 21.7 Å². The zero-order chi connectivity index (χ0) is 9.80. The Balaban J connectivity index is 2.32. The van der Waals surface area contributed by atoms with Gasteiger partial charge in [0.1, 0.15) is 0 Å². The van der Waals surface area contributed by atoms with E-state index in [1.54, 1.807) is 0 Å². The lowest BCUT2D eigenvalue weighted by Gasteiger charge is -2.16. The lowest BCUT2D eigenvalue weighted by Crippen LogP contribution is -2.27. The van der Waals surface area contributed by atoms with E-state index in [-0.39, 0.29) is 16.7 Å². The van der Waals surface area contributed by atoms with Crippen LogP contribution in [-0.2, 0) is 4.79 Å². The van der Waals surface area contributed by atoms with Crippen molar-refractivity contribution in [3.63, 3.8) is 0 Å². The Hall–Kier alpha value is -0.320. The zero-order valence-electron chi connectivity index (χ0n) is 6.44. The second kappa shape index (κ2) is 2.59. The summed E-state index contributed by atoms with van der Waals surface area (Å²) in [4.78, 5) is 10.9. The van der Waals surface area contributed by atoms with Gasteiger partial charge in [-0.15, -0.1) is 0 Å². The fourth-order valence-electron chi connectivity index (χ4n) is 1.67. The first-order valence-corrected chi connectivity index (χ1v) is 4.80. The van der Waals surface area contributed by atoms with E-state index in [1.165, 1.54) is 0 Å². The van der Waals surface area contributed by atoms with Crippen molar-refractivity contribution < 1.29 is 18.0 Å².